The van der Waals surface area contributed by atoms with Gasteiger partial charge in [-0.25, -0.2) is 0 Å². The normalized spacial score (nSPS) is 16.8. The van der Waals surface area contributed by atoms with Crippen molar-refractivity contribution in [2.45, 2.75) is 12.7 Å². The van der Waals surface area contributed by atoms with E-state index < -0.39 is 11.7 Å². The number of nitrogens with zero attached hydrogens (tertiary/aromatic N) is 2. The number of furan rings is 1. The number of anilines is 1. The molecule has 0 aliphatic carbocycles. The Morgan fingerprint density at radius 1 is 1.04 bits per heavy atom. The lowest BCUT2D eigenvalue weighted by Crippen LogP contribution is -2.46. The molecule has 0 radical (unpaired) electrons. The van der Waals surface area contributed by atoms with Crippen LogP contribution < -0.4 is 4.90 Å². The third kappa shape index (κ3) is 4.09. The molecule has 0 saturated carbocycles. The zero-order valence-electron chi connectivity index (χ0n) is 12.3. The van der Waals surface area contributed by atoms with E-state index in [1.807, 2.05) is 17.0 Å². The molecule has 0 spiro atoms. The number of halogens is 4. The van der Waals surface area contributed by atoms with Crippen LogP contribution in [0.1, 0.15) is 11.3 Å². The van der Waals surface area contributed by atoms with E-state index in [1.165, 1.54) is 12.1 Å². The van der Waals surface area contributed by atoms with Gasteiger partial charge in [0.05, 0.1) is 12.1 Å². The average Bonchev–Trinajstić information content (AvgIpc) is 2.92. The molecule has 2 heterocycles. The Balaban J connectivity index is 1.60. The zero-order valence-corrected chi connectivity index (χ0v) is 13.9. The van der Waals surface area contributed by atoms with Crippen molar-refractivity contribution in [3.63, 3.8) is 0 Å². The van der Waals surface area contributed by atoms with E-state index in [0.29, 0.717) is 30.0 Å². The predicted octanol–water partition coefficient (Wildman–Crippen LogP) is 4.38. The monoisotopic (exact) mass is 388 g/mol. The van der Waals surface area contributed by atoms with Crippen molar-refractivity contribution in [1.29, 1.82) is 0 Å². The SMILES string of the molecule is FC(F)(F)c1cccc(N2CCN(Cc3ccc(Br)o3)CC2)c1. The van der Waals surface area contributed by atoms with Crippen LogP contribution in [0.25, 0.3) is 0 Å². The Morgan fingerprint density at radius 3 is 2.39 bits per heavy atom. The van der Waals surface area contributed by atoms with E-state index >= 15 is 0 Å². The molecule has 1 aromatic heterocycles. The first-order valence-electron chi connectivity index (χ1n) is 7.30. The molecular weight excluding hydrogens is 373 g/mol. The van der Waals surface area contributed by atoms with E-state index in [0.717, 1.165) is 24.9 Å². The summed E-state index contributed by atoms with van der Waals surface area (Å²) in [5.41, 5.74) is 0.0260. The second-order valence-corrected chi connectivity index (χ2v) is 6.30. The molecule has 0 N–H and O–H groups in total. The number of alkyl halides is 3. The van der Waals surface area contributed by atoms with Gasteiger partial charge in [0.2, 0.25) is 0 Å². The molecule has 1 saturated heterocycles. The molecule has 1 aromatic carbocycles. The predicted molar refractivity (Wildman–Crippen MR) is 85.3 cm³/mol. The van der Waals surface area contributed by atoms with Crippen molar-refractivity contribution in [1.82, 2.24) is 4.90 Å². The van der Waals surface area contributed by atoms with Crippen LogP contribution in [0.15, 0.2) is 45.5 Å². The van der Waals surface area contributed by atoms with Crippen LogP contribution in [0.3, 0.4) is 0 Å². The van der Waals surface area contributed by atoms with Crippen LogP contribution in [-0.2, 0) is 12.7 Å². The molecule has 0 bridgehead atoms. The van der Waals surface area contributed by atoms with Gasteiger partial charge in [0.25, 0.3) is 0 Å². The molecule has 0 atom stereocenters. The van der Waals surface area contributed by atoms with Crippen LogP contribution in [0.5, 0.6) is 0 Å². The minimum Gasteiger partial charge on any atom is -0.453 e. The average molecular weight is 389 g/mol. The molecule has 2 aromatic rings. The van der Waals surface area contributed by atoms with Crippen molar-refractivity contribution in [3.8, 4) is 0 Å². The lowest BCUT2D eigenvalue weighted by atomic mass is 10.1. The topological polar surface area (TPSA) is 19.6 Å². The molecular formula is C16H16BrF3N2O. The van der Waals surface area contributed by atoms with Gasteiger partial charge in [0.15, 0.2) is 4.67 Å². The van der Waals surface area contributed by atoms with Gasteiger partial charge in [-0.2, -0.15) is 13.2 Å². The highest BCUT2D eigenvalue weighted by Crippen LogP contribution is 2.32. The minimum atomic E-state index is -4.30. The number of hydrogen-bond acceptors (Lipinski definition) is 3. The lowest BCUT2D eigenvalue weighted by molar-refractivity contribution is -0.137. The zero-order chi connectivity index (χ0) is 16.4. The molecule has 1 aliphatic rings. The van der Waals surface area contributed by atoms with Gasteiger partial charge in [-0.05, 0) is 46.3 Å². The fraction of sp³-hybridized carbons (Fsp3) is 0.375. The van der Waals surface area contributed by atoms with Gasteiger partial charge >= 0.3 is 6.18 Å². The van der Waals surface area contributed by atoms with Gasteiger partial charge in [-0.1, -0.05) is 6.07 Å². The minimum absolute atomic E-state index is 0.599. The largest absolute Gasteiger partial charge is 0.453 e. The number of benzene rings is 1. The van der Waals surface area contributed by atoms with Gasteiger partial charge < -0.3 is 9.32 Å². The second kappa shape index (κ2) is 6.57. The van der Waals surface area contributed by atoms with Crippen molar-refractivity contribution < 1.29 is 17.6 Å². The molecule has 124 valence electrons. The van der Waals surface area contributed by atoms with Crippen molar-refractivity contribution in [2.24, 2.45) is 0 Å². The lowest BCUT2D eigenvalue weighted by Gasteiger charge is -2.35. The smallest absolute Gasteiger partial charge is 0.416 e. The summed E-state index contributed by atoms with van der Waals surface area (Å²) in [5, 5.41) is 0. The van der Waals surface area contributed by atoms with Gasteiger partial charge in [-0.15, -0.1) is 0 Å². The van der Waals surface area contributed by atoms with Crippen molar-refractivity contribution in [2.75, 3.05) is 31.1 Å². The van der Waals surface area contributed by atoms with Gasteiger partial charge in [-0.3, -0.25) is 4.90 Å². The maximum Gasteiger partial charge on any atom is 0.416 e. The molecule has 23 heavy (non-hydrogen) atoms. The highest BCUT2D eigenvalue weighted by Gasteiger charge is 2.31. The highest BCUT2D eigenvalue weighted by atomic mass is 79.9. The molecule has 1 aliphatic heterocycles. The van der Waals surface area contributed by atoms with Crippen LogP contribution in [0.4, 0.5) is 18.9 Å². The number of piperazine rings is 1. The first-order valence-corrected chi connectivity index (χ1v) is 8.10. The Bertz CT molecular complexity index is 663. The van der Waals surface area contributed by atoms with E-state index in [4.69, 9.17) is 4.42 Å². The van der Waals surface area contributed by atoms with Crippen molar-refractivity contribution in [3.05, 3.63) is 52.4 Å². The van der Waals surface area contributed by atoms with Gasteiger partial charge in [0, 0.05) is 31.9 Å². The summed E-state index contributed by atoms with van der Waals surface area (Å²) in [6.07, 6.45) is -4.30. The van der Waals surface area contributed by atoms with E-state index in [1.54, 1.807) is 6.07 Å². The standard InChI is InChI=1S/C16H16BrF3N2O/c17-15-5-4-14(23-15)11-21-6-8-22(9-7-21)13-3-1-2-12(10-13)16(18,19)20/h1-5,10H,6-9,11H2. The maximum atomic E-state index is 12.8. The highest BCUT2D eigenvalue weighted by molar-refractivity contribution is 9.10. The first-order chi connectivity index (χ1) is 10.9. The van der Waals surface area contributed by atoms with E-state index in [9.17, 15) is 13.2 Å². The summed E-state index contributed by atoms with van der Waals surface area (Å²) in [6, 6.07) is 9.30. The van der Waals surface area contributed by atoms with Crippen molar-refractivity contribution >= 4 is 21.6 Å². The van der Waals surface area contributed by atoms with Gasteiger partial charge in [0.1, 0.15) is 5.76 Å². The Morgan fingerprint density at radius 2 is 1.78 bits per heavy atom. The first kappa shape index (κ1) is 16.4. The molecule has 0 amide bonds. The van der Waals surface area contributed by atoms with Crippen LogP contribution in [0.2, 0.25) is 0 Å². The summed E-state index contributed by atoms with van der Waals surface area (Å²) < 4.78 is 44.6. The fourth-order valence-corrected chi connectivity index (χ4v) is 3.04. The second-order valence-electron chi connectivity index (χ2n) is 5.52. The quantitative estimate of drug-likeness (QED) is 0.777. The summed E-state index contributed by atoms with van der Waals surface area (Å²) >= 11 is 3.27. The summed E-state index contributed by atoms with van der Waals surface area (Å²) in [4.78, 5) is 4.22. The molecule has 7 heteroatoms. The molecule has 1 fully saturated rings. The summed E-state index contributed by atoms with van der Waals surface area (Å²) in [7, 11) is 0. The summed E-state index contributed by atoms with van der Waals surface area (Å²) in [6.45, 7) is 3.68. The fourth-order valence-electron chi connectivity index (χ4n) is 2.70. The molecule has 3 rings (SSSR count). The number of hydrogen-bond donors (Lipinski definition) is 0. The maximum absolute atomic E-state index is 12.8. The molecule has 0 unspecified atom stereocenters. The number of rotatable bonds is 3. The Kier molecular flexibility index (Phi) is 4.68. The molecule has 3 nitrogen and oxygen atoms in total. The Hall–Kier alpha value is -1.47. The third-order valence-corrected chi connectivity index (χ3v) is 4.35. The van der Waals surface area contributed by atoms with E-state index in [-0.39, 0.29) is 0 Å². The van der Waals surface area contributed by atoms with Crippen LogP contribution >= 0.6 is 15.9 Å². The Labute approximate surface area is 140 Å². The van der Waals surface area contributed by atoms with Crippen LogP contribution in [0, 0.1) is 0 Å². The third-order valence-electron chi connectivity index (χ3n) is 3.92. The summed E-state index contributed by atoms with van der Waals surface area (Å²) in [5.74, 6) is 0.879. The van der Waals surface area contributed by atoms with E-state index in [2.05, 4.69) is 20.8 Å². The van der Waals surface area contributed by atoms with Crippen LogP contribution in [-0.4, -0.2) is 31.1 Å².